The van der Waals surface area contributed by atoms with Crippen molar-refractivity contribution >= 4 is 17.4 Å². The lowest BCUT2D eigenvalue weighted by molar-refractivity contribution is 0.102. The number of pyridine rings is 1. The average Bonchev–Trinajstić information content (AvgIpc) is 2.67. The summed E-state index contributed by atoms with van der Waals surface area (Å²) in [5.74, 6) is 0.695. The number of rotatable bonds is 7. The Morgan fingerprint density at radius 3 is 2.46 bits per heavy atom. The SMILES string of the molecule is Cc1ccccc1C(=O)Nc1ccc(NCCCc2ccccc2)nc1. The van der Waals surface area contributed by atoms with Crippen LogP contribution in [0.2, 0.25) is 0 Å². The minimum absolute atomic E-state index is 0.117. The number of nitrogens with zero attached hydrogens (tertiary/aromatic N) is 1. The minimum Gasteiger partial charge on any atom is -0.370 e. The Kier molecular flexibility index (Phi) is 5.99. The fraction of sp³-hybridized carbons (Fsp3) is 0.182. The number of aromatic nitrogens is 1. The molecule has 1 amide bonds. The second-order valence-corrected chi connectivity index (χ2v) is 6.22. The molecular formula is C22H23N3O. The van der Waals surface area contributed by atoms with Crippen molar-refractivity contribution in [3.63, 3.8) is 0 Å². The zero-order valence-corrected chi connectivity index (χ0v) is 14.9. The van der Waals surface area contributed by atoms with Gasteiger partial charge in [-0.25, -0.2) is 4.98 Å². The summed E-state index contributed by atoms with van der Waals surface area (Å²) < 4.78 is 0. The topological polar surface area (TPSA) is 54.0 Å². The van der Waals surface area contributed by atoms with Crippen LogP contribution in [0, 0.1) is 6.92 Å². The van der Waals surface area contributed by atoms with Gasteiger partial charge in [-0.2, -0.15) is 0 Å². The van der Waals surface area contributed by atoms with Gasteiger partial charge >= 0.3 is 0 Å². The first-order chi connectivity index (χ1) is 12.7. The summed E-state index contributed by atoms with van der Waals surface area (Å²) in [6.45, 7) is 2.78. The van der Waals surface area contributed by atoms with E-state index in [1.165, 1.54) is 5.56 Å². The maximum Gasteiger partial charge on any atom is 0.255 e. The number of nitrogens with one attached hydrogen (secondary N) is 2. The smallest absolute Gasteiger partial charge is 0.255 e. The predicted octanol–water partition coefficient (Wildman–Crippen LogP) is 4.69. The zero-order chi connectivity index (χ0) is 18.2. The van der Waals surface area contributed by atoms with Gasteiger partial charge < -0.3 is 10.6 Å². The van der Waals surface area contributed by atoms with Crippen LogP contribution in [0.1, 0.15) is 27.9 Å². The van der Waals surface area contributed by atoms with Gasteiger partial charge in [-0.05, 0) is 49.1 Å². The van der Waals surface area contributed by atoms with E-state index >= 15 is 0 Å². The van der Waals surface area contributed by atoms with Gasteiger partial charge in [-0.15, -0.1) is 0 Å². The summed E-state index contributed by atoms with van der Waals surface area (Å²) >= 11 is 0. The molecular weight excluding hydrogens is 322 g/mol. The first kappa shape index (κ1) is 17.7. The maximum atomic E-state index is 12.3. The second kappa shape index (κ2) is 8.81. The molecule has 4 heteroatoms. The predicted molar refractivity (Wildman–Crippen MR) is 107 cm³/mol. The monoisotopic (exact) mass is 345 g/mol. The van der Waals surface area contributed by atoms with Crippen molar-refractivity contribution in [3.8, 4) is 0 Å². The Labute approximate surface area is 154 Å². The highest BCUT2D eigenvalue weighted by molar-refractivity contribution is 6.05. The summed E-state index contributed by atoms with van der Waals surface area (Å²) in [4.78, 5) is 16.7. The molecule has 0 spiro atoms. The number of anilines is 2. The van der Waals surface area contributed by atoms with Crippen LogP contribution in [0.3, 0.4) is 0 Å². The van der Waals surface area contributed by atoms with E-state index in [2.05, 4.69) is 39.9 Å². The number of amides is 1. The molecule has 3 aromatic rings. The van der Waals surface area contributed by atoms with Gasteiger partial charge in [0.1, 0.15) is 5.82 Å². The number of hydrogen-bond acceptors (Lipinski definition) is 3. The van der Waals surface area contributed by atoms with Crippen LogP contribution in [-0.2, 0) is 6.42 Å². The summed E-state index contributed by atoms with van der Waals surface area (Å²) in [5.41, 5.74) is 3.66. The van der Waals surface area contributed by atoms with Gasteiger partial charge in [0.2, 0.25) is 0 Å². The van der Waals surface area contributed by atoms with Gasteiger partial charge in [-0.3, -0.25) is 4.79 Å². The van der Waals surface area contributed by atoms with Crippen molar-refractivity contribution in [3.05, 3.63) is 89.6 Å². The number of hydrogen-bond donors (Lipinski definition) is 2. The maximum absolute atomic E-state index is 12.3. The molecule has 0 aliphatic heterocycles. The number of benzene rings is 2. The van der Waals surface area contributed by atoms with Crippen molar-refractivity contribution in [1.82, 2.24) is 4.98 Å². The average molecular weight is 345 g/mol. The van der Waals surface area contributed by atoms with Crippen LogP contribution in [0.25, 0.3) is 0 Å². The van der Waals surface area contributed by atoms with Crippen LogP contribution in [0.4, 0.5) is 11.5 Å². The Hall–Kier alpha value is -3.14. The molecule has 0 aliphatic carbocycles. The lowest BCUT2D eigenvalue weighted by Crippen LogP contribution is -2.13. The van der Waals surface area contributed by atoms with Gasteiger partial charge in [-0.1, -0.05) is 48.5 Å². The molecule has 2 aromatic carbocycles. The van der Waals surface area contributed by atoms with E-state index in [1.54, 1.807) is 6.20 Å². The number of carbonyl (C=O) groups is 1. The number of aryl methyl sites for hydroxylation is 2. The summed E-state index contributed by atoms with van der Waals surface area (Å²) in [6, 6.07) is 21.7. The van der Waals surface area contributed by atoms with Crippen molar-refractivity contribution < 1.29 is 4.79 Å². The molecule has 26 heavy (non-hydrogen) atoms. The minimum atomic E-state index is -0.117. The summed E-state index contributed by atoms with van der Waals surface area (Å²) in [7, 11) is 0. The second-order valence-electron chi connectivity index (χ2n) is 6.22. The van der Waals surface area contributed by atoms with Crippen molar-refractivity contribution in [2.75, 3.05) is 17.2 Å². The normalized spacial score (nSPS) is 10.3. The molecule has 0 aliphatic rings. The van der Waals surface area contributed by atoms with E-state index in [0.29, 0.717) is 11.3 Å². The number of carbonyl (C=O) groups excluding carboxylic acids is 1. The largest absolute Gasteiger partial charge is 0.370 e. The highest BCUT2D eigenvalue weighted by atomic mass is 16.1. The molecule has 0 fully saturated rings. The van der Waals surface area contributed by atoms with E-state index in [4.69, 9.17) is 0 Å². The molecule has 0 radical (unpaired) electrons. The van der Waals surface area contributed by atoms with E-state index in [0.717, 1.165) is 30.8 Å². The molecule has 0 saturated carbocycles. The molecule has 2 N–H and O–H groups in total. The van der Waals surface area contributed by atoms with Gasteiger partial charge in [0.05, 0.1) is 11.9 Å². The Morgan fingerprint density at radius 1 is 0.962 bits per heavy atom. The summed E-state index contributed by atoms with van der Waals surface area (Å²) in [6.07, 6.45) is 3.76. The molecule has 0 atom stereocenters. The zero-order valence-electron chi connectivity index (χ0n) is 14.9. The summed E-state index contributed by atoms with van der Waals surface area (Å²) in [5, 5.41) is 6.20. The van der Waals surface area contributed by atoms with Crippen LogP contribution >= 0.6 is 0 Å². The highest BCUT2D eigenvalue weighted by Crippen LogP contribution is 2.13. The van der Waals surface area contributed by atoms with Crippen molar-refractivity contribution in [2.24, 2.45) is 0 Å². The van der Waals surface area contributed by atoms with Gasteiger partial charge in [0.15, 0.2) is 0 Å². The molecule has 3 rings (SSSR count). The first-order valence-corrected chi connectivity index (χ1v) is 8.83. The quantitative estimate of drug-likeness (QED) is 0.611. The van der Waals surface area contributed by atoms with Crippen LogP contribution < -0.4 is 10.6 Å². The van der Waals surface area contributed by atoms with Gasteiger partial charge in [0, 0.05) is 12.1 Å². The lowest BCUT2D eigenvalue weighted by atomic mass is 10.1. The molecule has 1 aromatic heterocycles. The van der Waals surface area contributed by atoms with Crippen molar-refractivity contribution in [1.29, 1.82) is 0 Å². The Morgan fingerprint density at radius 2 is 1.73 bits per heavy atom. The van der Waals surface area contributed by atoms with Crippen LogP contribution in [0.5, 0.6) is 0 Å². The molecule has 0 bridgehead atoms. The van der Waals surface area contributed by atoms with Gasteiger partial charge in [0.25, 0.3) is 5.91 Å². The Bertz CT molecular complexity index is 845. The van der Waals surface area contributed by atoms with Crippen LogP contribution in [0.15, 0.2) is 72.9 Å². The third-order valence-electron chi connectivity index (χ3n) is 4.20. The van der Waals surface area contributed by atoms with E-state index in [-0.39, 0.29) is 5.91 Å². The van der Waals surface area contributed by atoms with E-state index in [1.807, 2.05) is 49.4 Å². The standard InChI is InChI=1S/C22H23N3O/c1-17-8-5-6-12-20(17)22(26)25-19-13-14-21(24-16-19)23-15-7-11-18-9-3-2-4-10-18/h2-6,8-10,12-14,16H,7,11,15H2,1H3,(H,23,24)(H,25,26). The highest BCUT2D eigenvalue weighted by Gasteiger charge is 2.08. The van der Waals surface area contributed by atoms with E-state index < -0.39 is 0 Å². The Balaban J connectivity index is 1.47. The van der Waals surface area contributed by atoms with Crippen LogP contribution in [-0.4, -0.2) is 17.4 Å². The van der Waals surface area contributed by atoms with Crippen molar-refractivity contribution in [2.45, 2.75) is 19.8 Å². The molecule has 1 heterocycles. The molecule has 0 saturated heterocycles. The molecule has 132 valence electrons. The third-order valence-corrected chi connectivity index (χ3v) is 4.20. The first-order valence-electron chi connectivity index (χ1n) is 8.83. The lowest BCUT2D eigenvalue weighted by Gasteiger charge is -2.09. The third kappa shape index (κ3) is 4.93. The fourth-order valence-electron chi connectivity index (χ4n) is 2.75. The molecule has 0 unspecified atom stereocenters. The fourth-order valence-corrected chi connectivity index (χ4v) is 2.75. The molecule has 4 nitrogen and oxygen atoms in total. The van der Waals surface area contributed by atoms with E-state index in [9.17, 15) is 4.79 Å².